The van der Waals surface area contributed by atoms with Gasteiger partial charge in [-0.25, -0.2) is 13.4 Å². The minimum atomic E-state index is -5.12. The van der Waals surface area contributed by atoms with E-state index in [0.29, 0.717) is 23.3 Å². The zero-order valence-corrected chi connectivity index (χ0v) is 24.7. The minimum Gasteiger partial charge on any atom is -0.311 e. The number of amides is 1. The maximum absolute atomic E-state index is 14.1. The molecule has 3 aromatic carbocycles. The van der Waals surface area contributed by atoms with Crippen LogP contribution in [0.25, 0.3) is 11.1 Å². The maximum Gasteiger partial charge on any atom is 0.416 e. The van der Waals surface area contributed by atoms with E-state index < -0.39 is 50.4 Å². The number of nitrogens with one attached hydrogen (secondary N) is 1. The summed E-state index contributed by atoms with van der Waals surface area (Å²) in [6.07, 6.45) is -8.92. The molecule has 0 atom stereocenters. The van der Waals surface area contributed by atoms with Crippen molar-refractivity contribution in [1.82, 2.24) is 4.98 Å². The Kier molecular flexibility index (Phi) is 8.58. The van der Waals surface area contributed by atoms with Crippen LogP contribution in [0.2, 0.25) is 0 Å². The van der Waals surface area contributed by atoms with Crippen molar-refractivity contribution < 1.29 is 39.6 Å². The number of aryl methyl sites for hydroxylation is 1. The van der Waals surface area contributed by atoms with E-state index in [2.05, 4.69) is 9.71 Å². The first kappa shape index (κ1) is 32.5. The molecule has 0 saturated carbocycles. The van der Waals surface area contributed by atoms with Crippen molar-refractivity contribution in [2.24, 2.45) is 0 Å². The normalized spacial score (nSPS) is 12.6. The Balaban J connectivity index is 1.91. The second kappa shape index (κ2) is 11.6. The summed E-state index contributed by atoms with van der Waals surface area (Å²) in [6.45, 7) is 4.17. The summed E-state index contributed by atoms with van der Waals surface area (Å²) in [5.74, 6) is -1.20. The first-order valence-electron chi connectivity index (χ1n) is 13.0. The molecule has 0 aliphatic rings. The Morgan fingerprint density at radius 2 is 1.30 bits per heavy atom. The van der Waals surface area contributed by atoms with Gasteiger partial charge < -0.3 is 4.90 Å². The van der Waals surface area contributed by atoms with Crippen molar-refractivity contribution in [2.75, 3.05) is 16.7 Å². The minimum absolute atomic E-state index is 0.0123. The van der Waals surface area contributed by atoms with E-state index in [9.17, 15) is 39.6 Å². The number of alkyl halides is 6. The smallest absolute Gasteiger partial charge is 0.311 e. The lowest BCUT2D eigenvalue weighted by Crippen LogP contribution is -2.42. The van der Waals surface area contributed by atoms with E-state index in [0.717, 1.165) is 10.5 Å². The highest BCUT2D eigenvalue weighted by molar-refractivity contribution is 7.92. The van der Waals surface area contributed by atoms with Crippen LogP contribution in [0.3, 0.4) is 0 Å². The second-order valence-corrected chi connectivity index (χ2v) is 12.3. The zero-order chi connectivity index (χ0) is 32.7. The largest absolute Gasteiger partial charge is 0.416 e. The van der Waals surface area contributed by atoms with Crippen LogP contribution in [-0.4, -0.2) is 26.4 Å². The monoisotopic (exact) mass is 635 g/mol. The first-order chi connectivity index (χ1) is 20.3. The quantitative estimate of drug-likeness (QED) is 0.210. The predicted octanol–water partition coefficient (Wildman–Crippen LogP) is 7.84. The van der Waals surface area contributed by atoms with Crippen molar-refractivity contribution in [3.05, 3.63) is 107 Å². The lowest BCUT2D eigenvalue weighted by atomic mass is 9.81. The lowest BCUT2D eigenvalue weighted by Gasteiger charge is -2.33. The third-order valence-electron chi connectivity index (χ3n) is 7.13. The molecule has 6 nitrogen and oxygen atoms in total. The summed E-state index contributed by atoms with van der Waals surface area (Å²) in [5.41, 5.74) is -4.01. The van der Waals surface area contributed by atoms with Gasteiger partial charge in [0.1, 0.15) is 0 Å². The third-order valence-corrected chi connectivity index (χ3v) is 8.48. The molecule has 1 heterocycles. The molecule has 0 radical (unpaired) electrons. The number of halogens is 6. The van der Waals surface area contributed by atoms with Crippen LogP contribution in [0.1, 0.15) is 36.1 Å². The highest BCUT2D eigenvalue weighted by Gasteiger charge is 2.41. The number of carbonyl (C=O) groups excluding carboxylic acids is 1. The molecule has 44 heavy (non-hydrogen) atoms. The zero-order valence-electron chi connectivity index (χ0n) is 23.9. The molecule has 232 valence electrons. The molecule has 4 rings (SSSR count). The van der Waals surface area contributed by atoms with Crippen molar-refractivity contribution in [3.8, 4) is 11.1 Å². The number of rotatable bonds is 7. The number of sulfonamides is 1. The van der Waals surface area contributed by atoms with Gasteiger partial charge in [0.2, 0.25) is 5.91 Å². The number of nitrogens with zero attached hydrogens (tertiary/aromatic N) is 2. The lowest BCUT2D eigenvalue weighted by molar-refractivity contribution is -0.143. The van der Waals surface area contributed by atoms with Gasteiger partial charge in [-0.1, -0.05) is 42.5 Å². The molecule has 4 aromatic rings. The van der Waals surface area contributed by atoms with Crippen LogP contribution in [-0.2, 0) is 32.6 Å². The van der Waals surface area contributed by atoms with Crippen molar-refractivity contribution >= 4 is 27.4 Å². The number of anilines is 2. The number of carbonyl (C=O) groups is 1. The molecule has 0 fully saturated rings. The van der Waals surface area contributed by atoms with E-state index in [1.807, 2.05) is 0 Å². The standard InChI is InChI=1S/C31H27F6N3O3S/c1-19-10-8-9-13-24(19)25-14-15-38-27(39-44(42,43)23-11-6-5-7-12-23)26(25)40(4)28(41)29(2,3)20-16-21(30(32,33)34)18-22(17-20)31(35,36)37/h5-18H,1-4H3,(H,38,39). The first-order valence-corrected chi connectivity index (χ1v) is 14.5. The van der Waals surface area contributed by atoms with Gasteiger partial charge in [0, 0.05) is 18.8 Å². The molecular weight excluding hydrogens is 608 g/mol. The van der Waals surface area contributed by atoms with Crippen LogP contribution in [0.5, 0.6) is 0 Å². The number of hydrogen-bond acceptors (Lipinski definition) is 4. The molecular formula is C31H27F6N3O3S. The van der Waals surface area contributed by atoms with Crippen LogP contribution in [0, 0.1) is 6.92 Å². The molecule has 0 aliphatic heterocycles. The molecule has 0 spiro atoms. The molecule has 0 unspecified atom stereocenters. The summed E-state index contributed by atoms with van der Waals surface area (Å²) in [4.78, 5) is 19.2. The SMILES string of the molecule is Cc1ccccc1-c1ccnc(NS(=O)(=O)c2ccccc2)c1N(C)C(=O)C(C)(C)c1cc(C(F)(F)F)cc(C(F)(F)F)c1. The van der Waals surface area contributed by atoms with Gasteiger partial charge in [-0.05, 0) is 73.9 Å². The highest BCUT2D eigenvalue weighted by Crippen LogP contribution is 2.42. The predicted molar refractivity (Wildman–Crippen MR) is 155 cm³/mol. The Labute approximate surface area is 250 Å². The molecule has 1 aromatic heterocycles. The summed E-state index contributed by atoms with van der Waals surface area (Å²) >= 11 is 0. The topological polar surface area (TPSA) is 79.4 Å². The Morgan fingerprint density at radius 1 is 0.773 bits per heavy atom. The van der Waals surface area contributed by atoms with Crippen LogP contribution in [0.4, 0.5) is 37.8 Å². The summed E-state index contributed by atoms with van der Waals surface area (Å²) in [5, 5.41) is 0. The fraction of sp³-hybridized carbons (Fsp3) is 0.226. The highest BCUT2D eigenvalue weighted by atomic mass is 32.2. The molecule has 1 amide bonds. The van der Waals surface area contributed by atoms with E-state index >= 15 is 0 Å². The average Bonchev–Trinajstić information content (AvgIpc) is 2.95. The molecule has 1 N–H and O–H groups in total. The molecule has 0 saturated heterocycles. The molecule has 0 bridgehead atoms. The van der Waals surface area contributed by atoms with Gasteiger partial charge in [0.15, 0.2) is 5.82 Å². The van der Waals surface area contributed by atoms with Gasteiger partial charge in [-0.2, -0.15) is 26.3 Å². The number of aromatic nitrogens is 1. The fourth-order valence-corrected chi connectivity index (χ4v) is 5.74. The third kappa shape index (κ3) is 6.57. The van der Waals surface area contributed by atoms with Gasteiger partial charge in [-0.3, -0.25) is 9.52 Å². The van der Waals surface area contributed by atoms with E-state index in [4.69, 9.17) is 0 Å². The summed E-state index contributed by atoms with van der Waals surface area (Å²) in [7, 11) is -2.98. The Morgan fingerprint density at radius 3 is 1.84 bits per heavy atom. The van der Waals surface area contributed by atoms with Crippen molar-refractivity contribution in [3.63, 3.8) is 0 Å². The Hall–Kier alpha value is -4.39. The van der Waals surface area contributed by atoms with Crippen LogP contribution < -0.4 is 9.62 Å². The number of pyridine rings is 1. The Bertz CT molecular complexity index is 1770. The van der Waals surface area contributed by atoms with Crippen molar-refractivity contribution in [2.45, 2.75) is 43.4 Å². The average molecular weight is 636 g/mol. The number of benzene rings is 3. The molecule has 0 aliphatic carbocycles. The second-order valence-electron chi connectivity index (χ2n) is 10.6. The molecule has 13 heteroatoms. The summed E-state index contributed by atoms with van der Waals surface area (Å²) in [6, 6.07) is 16.8. The number of likely N-dealkylation sites (N-methyl/N-ethyl adjacent to an activating group) is 1. The summed E-state index contributed by atoms with van der Waals surface area (Å²) < 4.78 is 111. The maximum atomic E-state index is 14.1. The van der Waals surface area contributed by atoms with Gasteiger partial charge in [0.05, 0.1) is 27.1 Å². The van der Waals surface area contributed by atoms with E-state index in [-0.39, 0.29) is 22.5 Å². The van der Waals surface area contributed by atoms with E-state index in [1.165, 1.54) is 57.4 Å². The van der Waals surface area contributed by atoms with Gasteiger partial charge in [0.25, 0.3) is 10.0 Å². The van der Waals surface area contributed by atoms with Crippen molar-refractivity contribution in [1.29, 1.82) is 0 Å². The fourth-order valence-electron chi connectivity index (χ4n) is 4.71. The van der Waals surface area contributed by atoms with Crippen LogP contribution in [0.15, 0.2) is 90.0 Å². The van der Waals surface area contributed by atoms with Gasteiger partial charge >= 0.3 is 12.4 Å². The van der Waals surface area contributed by atoms with Gasteiger partial charge in [-0.15, -0.1) is 0 Å². The van der Waals surface area contributed by atoms with Crippen LogP contribution >= 0.6 is 0 Å². The number of hydrogen-bond donors (Lipinski definition) is 1. The van der Waals surface area contributed by atoms with E-state index in [1.54, 1.807) is 37.3 Å².